The van der Waals surface area contributed by atoms with Crippen molar-refractivity contribution in [2.75, 3.05) is 26.0 Å². The van der Waals surface area contributed by atoms with Gasteiger partial charge in [0.1, 0.15) is 0 Å². The molecule has 5 nitrogen and oxygen atoms in total. The highest BCUT2D eigenvalue weighted by Gasteiger charge is 2.18. The minimum absolute atomic E-state index is 0.0775. The molecule has 0 unspecified atom stereocenters. The fraction of sp³-hybridized carbons (Fsp3) is 0.188. The Bertz CT molecular complexity index is 820. The molecule has 7 heteroatoms. The lowest BCUT2D eigenvalue weighted by molar-refractivity contribution is 0.101. The smallest absolute Gasteiger partial charge is 0.242 e. The van der Waals surface area contributed by atoms with Crippen LogP contribution in [0.25, 0.3) is 0 Å². The van der Waals surface area contributed by atoms with Crippen molar-refractivity contribution in [2.24, 2.45) is 0 Å². The number of rotatable bonds is 6. The highest BCUT2D eigenvalue weighted by molar-refractivity contribution is 9.10. The summed E-state index contributed by atoms with van der Waals surface area (Å²) in [5.74, 6) is -0.184. The average molecular weight is 397 g/mol. The van der Waals surface area contributed by atoms with Crippen LogP contribution in [0, 0.1) is 0 Å². The second-order valence-corrected chi connectivity index (χ2v) is 8.08. The zero-order valence-electron chi connectivity index (χ0n) is 12.8. The standard InChI is InChI=1S/C16H17BrN2O3S/c1-19(2)23(21,22)13-7-5-6-12(10-13)16(20)11-18-15-9-4-3-8-14(15)17/h3-10,18H,11H2,1-2H3. The Labute approximate surface area is 144 Å². The lowest BCUT2D eigenvalue weighted by atomic mass is 10.1. The van der Waals surface area contributed by atoms with Gasteiger partial charge in [-0.1, -0.05) is 24.3 Å². The molecule has 0 heterocycles. The molecule has 23 heavy (non-hydrogen) atoms. The Morgan fingerprint density at radius 3 is 2.48 bits per heavy atom. The van der Waals surface area contributed by atoms with Crippen LogP contribution in [0.15, 0.2) is 57.9 Å². The van der Waals surface area contributed by atoms with Gasteiger partial charge in [-0.05, 0) is 40.2 Å². The maximum atomic E-state index is 12.3. The van der Waals surface area contributed by atoms with Gasteiger partial charge in [0.05, 0.1) is 11.4 Å². The van der Waals surface area contributed by atoms with Crippen LogP contribution < -0.4 is 5.32 Å². The maximum absolute atomic E-state index is 12.3. The normalized spacial score (nSPS) is 11.5. The van der Waals surface area contributed by atoms with Gasteiger partial charge in [-0.3, -0.25) is 4.79 Å². The molecule has 0 aliphatic rings. The second kappa shape index (κ2) is 7.25. The third-order valence-corrected chi connectivity index (χ3v) is 5.75. The molecule has 0 bridgehead atoms. The number of carbonyl (C=O) groups excluding carboxylic acids is 1. The van der Waals surface area contributed by atoms with Crippen LogP contribution in [-0.2, 0) is 10.0 Å². The van der Waals surface area contributed by atoms with Crippen LogP contribution in [0.4, 0.5) is 5.69 Å². The predicted molar refractivity (Wildman–Crippen MR) is 94.3 cm³/mol. The van der Waals surface area contributed by atoms with E-state index in [9.17, 15) is 13.2 Å². The Morgan fingerprint density at radius 2 is 1.83 bits per heavy atom. The van der Waals surface area contributed by atoms with Crippen LogP contribution >= 0.6 is 15.9 Å². The molecule has 0 aliphatic carbocycles. The van der Waals surface area contributed by atoms with Crippen LogP contribution in [-0.4, -0.2) is 39.1 Å². The van der Waals surface area contributed by atoms with Crippen molar-refractivity contribution in [3.05, 3.63) is 58.6 Å². The lowest BCUT2D eigenvalue weighted by Crippen LogP contribution is -2.22. The molecule has 0 radical (unpaired) electrons. The molecule has 0 amide bonds. The highest BCUT2D eigenvalue weighted by atomic mass is 79.9. The first-order valence-corrected chi connectivity index (χ1v) is 9.10. The maximum Gasteiger partial charge on any atom is 0.242 e. The van der Waals surface area contributed by atoms with Crippen LogP contribution in [0.3, 0.4) is 0 Å². The number of benzene rings is 2. The Kier molecular flexibility index (Phi) is 5.56. The summed E-state index contributed by atoms with van der Waals surface area (Å²) in [5.41, 5.74) is 1.16. The van der Waals surface area contributed by atoms with Crippen LogP contribution in [0.2, 0.25) is 0 Å². The third kappa shape index (κ3) is 4.19. The number of ketones is 1. The van der Waals surface area contributed by atoms with Crippen molar-refractivity contribution >= 4 is 37.4 Å². The largest absolute Gasteiger partial charge is 0.377 e. The van der Waals surface area contributed by atoms with Gasteiger partial charge in [0, 0.05) is 29.8 Å². The van der Waals surface area contributed by atoms with Crippen molar-refractivity contribution in [3.63, 3.8) is 0 Å². The van der Waals surface area contributed by atoms with Crippen molar-refractivity contribution in [1.82, 2.24) is 4.31 Å². The molecule has 122 valence electrons. The van der Waals surface area contributed by atoms with E-state index < -0.39 is 10.0 Å². The van der Waals surface area contributed by atoms with Crippen molar-refractivity contribution in [3.8, 4) is 0 Å². The first-order valence-electron chi connectivity index (χ1n) is 6.86. The van der Waals surface area contributed by atoms with Crippen molar-refractivity contribution < 1.29 is 13.2 Å². The Hall–Kier alpha value is -1.70. The van der Waals surface area contributed by atoms with Gasteiger partial charge >= 0.3 is 0 Å². The Morgan fingerprint density at radius 1 is 1.13 bits per heavy atom. The minimum Gasteiger partial charge on any atom is -0.377 e. The summed E-state index contributed by atoms with van der Waals surface area (Å²) in [7, 11) is -0.640. The monoisotopic (exact) mass is 396 g/mol. The molecular weight excluding hydrogens is 380 g/mol. The number of sulfonamides is 1. The van der Waals surface area contributed by atoms with Crippen LogP contribution in [0.5, 0.6) is 0 Å². The molecule has 1 N–H and O–H groups in total. The molecule has 0 spiro atoms. The van der Waals surface area contributed by atoms with Gasteiger partial charge in [0.2, 0.25) is 10.0 Å². The minimum atomic E-state index is -3.55. The van der Waals surface area contributed by atoms with Gasteiger partial charge in [-0.15, -0.1) is 0 Å². The number of Topliss-reactive ketones (excluding diaryl/α,β-unsaturated/α-hetero) is 1. The second-order valence-electron chi connectivity index (χ2n) is 5.07. The fourth-order valence-electron chi connectivity index (χ4n) is 1.92. The molecule has 0 aliphatic heterocycles. The molecular formula is C16H17BrN2O3S. The van der Waals surface area contributed by atoms with Crippen molar-refractivity contribution in [1.29, 1.82) is 0 Å². The summed E-state index contributed by atoms with van der Waals surface area (Å²) in [6.45, 7) is 0.0775. The first-order chi connectivity index (χ1) is 10.8. The van der Waals surface area contributed by atoms with Gasteiger partial charge in [0.25, 0.3) is 0 Å². The van der Waals surface area contributed by atoms with Gasteiger partial charge in [-0.2, -0.15) is 0 Å². The Balaban J connectivity index is 2.16. The quantitative estimate of drug-likeness (QED) is 0.762. The zero-order chi connectivity index (χ0) is 17.0. The number of hydrogen-bond donors (Lipinski definition) is 1. The summed E-state index contributed by atoms with van der Waals surface area (Å²) in [5, 5.41) is 3.04. The van der Waals surface area contributed by atoms with Crippen LogP contribution in [0.1, 0.15) is 10.4 Å². The van der Waals surface area contributed by atoms with Crippen molar-refractivity contribution in [2.45, 2.75) is 4.90 Å². The van der Waals surface area contributed by atoms with E-state index in [1.54, 1.807) is 12.1 Å². The van der Waals surface area contributed by atoms with E-state index in [0.717, 1.165) is 14.5 Å². The summed E-state index contributed by atoms with van der Waals surface area (Å²) in [4.78, 5) is 12.4. The van der Waals surface area contributed by atoms with E-state index in [1.165, 1.54) is 26.2 Å². The SMILES string of the molecule is CN(C)S(=O)(=O)c1cccc(C(=O)CNc2ccccc2Br)c1. The predicted octanol–water partition coefficient (Wildman–Crippen LogP) is 2.99. The van der Waals surface area contributed by atoms with E-state index in [1.807, 2.05) is 24.3 Å². The van der Waals surface area contributed by atoms with E-state index in [2.05, 4.69) is 21.2 Å². The van der Waals surface area contributed by atoms with Gasteiger partial charge in [0.15, 0.2) is 5.78 Å². The molecule has 2 aromatic rings. The number of para-hydroxylation sites is 1. The molecule has 0 saturated heterocycles. The molecule has 0 atom stereocenters. The van der Waals surface area contributed by atoms with Gasteiger partial charge in [-0.25, -0.2) is 12.7 Å². The van der Waals surface area contributed by atoms with E-state index >= 15 is 0 Å². The number of halogens is 1. The number of nitrogens with zero attached hydrogens (tertiary/aromatic N) is 1. The lowest BCUT2D eigenvalue weighted by Gasteiger charge is -2.12. The molecule has 2 aromatic carbocycles. The topological polar surface area (TPSA) is 66.5 Å². The van der Waals surface area contributed by atoms with E-state index in [4.69, 9.17) is 0 Å². The first kappa shape index (κ1) is 17.7. The number of anilines is 1. The summed E-state index contributed by atoms with van der Waals surface area (Å²) in [6, 6.07) is 13.5. The summed E-state index contributed by atoms with van der Waals surface area (Å²) in [6.07, 6.45) is 0. The summed E-state index contributed by atoms with van der Waals surface area (Å²) >= 11 is 3.40. The zero-order valence-corrected chi connectivity index (χ0v) is 15.2. The molecule has 2 rings (SSSR count). The van der Waals surface area contributed by atoms with E-state index in [0.29, 0.717) is 5.56 Å². The van der Waals surface area contributed by atoms with Gasteiger partial charge < -0.3 is 5.32 Å². The van der Waals surface area contributed by atoms with E-state index in [-0.39, 0.29) is 17.2 Å². The molecule has 0 saturated carbocycles. The molecule has 0 aromatic heterocycles. The number of carbonyl (C=O) groups is 1. The summed E-state index contributed by atoms with van der Waals surface area (Å²) < 4.78 is 26.2. The highest BCUT2D eigenvalue weighted by Crippen LogP contribution is 2.21. The number of nitrogens with one attached hydrogen (secondary N) is 1. The average Bonchev–Trinajstić information content (AvgIpc) is 2.53. The fourth-order valence-corrected chi connectivity index (χ4v) is 3.30. The third-order valence-electron chi connectivity index (χ3n) is 3.25. The molecule has 0 fully saturated rings. The number of hydrogen-bond acceptors (Lipinski definition) is 4.